The van der Waals surface area contributed by atoms with Crippen LogP contribution in [-0.2, 0) is 4.74 Å². The Bertz CT molecular complexity index is 65.5. The Morgan fingerprint density at radius 2 is 1.83 bits per heavy atom. The smallest absolute Gasteiger partial charge is 0.106 e. The second kappa shape index (κ2) is 1.50. The van der Waals surface area contributed by atoms with Crippen molar-refractivity contribution in [1.29, 1.82) is 0 Å². The van der Waals surface area contributed by atoms with E-state index in [9.17, 15) is 0 Å². The molecule has 0 saturated carbocycles. The van der Waals surface area contributed by atoms with Crippen LogP contribution in [0.3, 0.4) is 0 Å². The van der Waals surface area contributed by atoms with E-state index in [1.165, 1.54) is 0 Å². The molecule has 0 fully saturated rings. The lowest BCUT2D eigenvalue weighted by Crippen LogP contribution is -1.94. The number of ether oxygens (including phenoxy) is 1. The van der Waals surface area contributed by atoms with Crippen LogP contribution in [0.2, 0.25) is 0 Å². The molecular formula is C4H5NO. The SMILES string of the molecule is C1=COC=CN1. The van der Waals surface area contributed by atoms with Crippen molar-refractivity contribution in [3.8, 4) is 0 Å². The molecule has 0 spiro atoms. The second-order valence-electron chi connectivity index (χ2n) is 0.908. The molecular weight excluding hydrogens is 78.0 g/mol. The van der Waals surface area contributed by atoms with Crippen molar-refractivity contribution in [2.45, 2.75) is 0 Å². The topological polar surface area (TPSA) is 21.3 Å². The largest absolute Gasteiger partial charge is 0.470 e. The van der Waals surface area contributed by atoms with Gasteiger partial charge in [0.2, 0.25) is 0 Å². The molecule has 0 radical (unpaired) electrons. The minimum atomic E-state index is 1.57. The molecule has 32 valence electrons. The molecule has 2 heteroatoms. The number of rotatable bonds is 0. The molecule has 6 heavy (non-hydrogen) atoms. The lowest BCUT2D eigenvalue weighted by Gasteiger charge is -1.94. The zero-order valence-electron chi connectivity index (χ0n) is 3.22. The maximum Gasteiger partial charge on any atom is 0.106 e. The van der Waals surface area contributed by atoms with E-state index >= 15 is 0 Å². The fraction of sp³-hybridized carbons (Fsp3) is 0. The third-order valence-corrected chi connectivity index (χ3v) is 0.486. The zero-order valence-corrected chi connectivity index (χ0v) is 3.22. The van der Waals surface area contributed by atoms with Gasteiger partial charge in [-0.15, -0.1) is 0 Å². The van der Waals surface area contributed by atoms with Crippen LogP contribution in [0.4, 0.5) is 0 Å². The summed E-state index contributed by atoms with van der Waals surface area (Å²) in [6.45, 7) is 0. The number of hydrogen-bond acceptors (Lipinski definition) is 2. The van der Waals surface area contributed by atoms with Gasteiger partial charge in [-0.2, -0.15) is 0 Å². The molecule has 1 N–H and O–H groups in total. The molecule has 1 aliphatic heterocycles. The van der Waals surface area contributed by atoms with Crippen LogP contribution < -0.4 is 5.32 Å². The minimum Gasteiger partial charge on any atom is -0.470 e. The van der Waals surface area contributed by atoms with Crippen molar-refractivity contribution in [1.82, 2.24) is 5.32 Å². The molecule has 0 aromatic heterocycles. The van der Waals surface area contributed by atoms with Gasteiger partial charge in [0, 0.05) is 12.4 Å². The lowest BCUT2D eigenvalue weighted by molar-refractivity contribution is 0.390. The van der Waals surface area contributed by atoms with Gasteiger partial charge in [-0.3, -0.25) is 0 Å². The van der Waals surface area contributed by atoms with Crippen molar-refractivity contribution >= 4 is 0 Å². The molecule has 1 aliphatic rings. The van der Waals surface area contributed by atoms with Crippen molar-refractivity contribution in [2.75, 3.05) is 0 Å². The zero-order chi connectivity index (χ0) is 4.24. The molecule has 0 unspecified atom stereocenters. The first kappa shape index (κ1) is 3.28. The monoisotopic (exact) mass is 83.0 g/mol. The van der Waals surface area contributed by atoms with Crippen LogP contribution >= 0.6 is 0 Å². The summed E-state index contributed by atoms with van der Waals surface area (Å²) < 4.78 is 4.65. The van der Waals surface area contributed by atoms with E-state index in [4.69, 9.17) is 0 Å². The first-order valence-electron chi connectivity index (χ1n) is 1.72. The molecule has 1 rings (SSSR count). The van der Waals surface area contributed by atoms with E-state index in [-0.39, 0.29) is 0 Å². The molecule has 1 heterocycles. The molecule has 0 bridgehead atoms. The normalized spacial score (nSPS) is 16.0. The Balaban J connectivity index is 2.40. The molecule has 2 nitrogen and oxygen atoms in total. The van der Waals surface area contributed by atoms with Gasteiger partial charge in [-0.25, -0.2) is 0 Å². The van der Waals surface area contributed by atoms with Crippen molar-refractivity contribution in [3.63, 3.8) is 0 Å². The van der Waals surface area contributed by atoms with Gasteiger partial charge < -0.3 is 10.1 Å². The highest BCUT2D eigenvalue weighted by Crippen LogP contribution is 1.81. The van der Waals surface area contributed by atoms with Gasteiger partial charge >= 0.3 is 0 Å². The highest BCUT2D eigenvalue weighted by atomic mass is 16.5. The molecule has 0 saturated heterocycles. The third-order valence-electron chi connectivity index (χ3n) is 0.486. The molecule has 0 aromatic carbocycles. The van der Waals surface area contributed by atoms with Crippen LogP contribution in [0.5, 0.6) is 0 Å². The van der Waals surface area contributed by atoms with E-state index in [0.29, 0.717) is 0 Å². The van der Waals surface area contributed by atoms with Gasteiger partial charge in [0.15, 0.2) is 0 Å². The summed E-state index contributed by atoms with van der Waals surface area (Å²) in [6.07, 6.45) is 6.56. The van der Waals surface area contributed by atoms with Gasteiger partial charge in [0.1, 0.15) is 12.5 Å². The summed E-state index contributed by atoms with van der Waals surface area (Å²) in [4.78, 5) is 0. The Labute approximate surface area is 36.1 Å². The van der Waals surface area contributed by atoms with Crippen LogP contribution in [-0.4, -0.2) is 0 Å². The second-order valence-corrected chi connectivity index (χ2v) is 0.908. The van der Waals surface area contributed by atoms with E-state index in [1.54, 1.807) is 24.9 Å². The average Bonchev–Trinajstić information content (AvgIpc) is 1.72. The van der Waals surface area contributed by atoms with Crippen LogP contribution in [0.25, 0.3) is 0 Å². The number of hydrogen-bond donors (Lipinski definition) is 1. The minimum absolute atomic E-state index is 1.57. The standard InChI is InChI=1S/C4H5NO/c1-3-6-4-2-5-1/h1-5H. The lowest BCUT2D eigenvalue weighted by atomic mass is 10.8. The van der Waals surface area contributed by atoms with Gasteiger partial charge in [0.25, 0.3) is 0 Å². The van der Waals surface area contributed by atoms with E-state index < -0.39 is 0 Å². The predicted molar refractivity (Wildman–Crippen MR) is 22.5 cm³/mol. The van der Waals surface area contributed by atoms with Crippen molar-refractivity contribution in [2.24, 2.45) is 0 Å². The van der Waals surface area contributed by atoms with Gasteiger partial charge in [-0.1, -0.05) is 0 Å². The molecule has 0 aromatic rings. The maximum atomic E-state index is 4.65. The summed E-state index contributed by atoms with van der Waals surface area (Å²) in [5.41, 5.74) is 0. The fourth-order valence-electron chi connectivity index (χ4n) is 0.258. The van der Waals surface area contributed by atoms with E-state index in [1.807, 2.05) is 0 Å². The first-order chi connectivity index (χ1) is 3.00. The fourth-order valence-corrected chi connectivity index (χ4v) is 0.258. The molecule has 0 atom stereocenters. The summed E-state index contributed by atoms with van der Waals surface area (Å²) >= 11 is 0. The van der Waals surface area contributed by atoms with Gasteiger partial charge in [-0.05, 0) is 0 Å². The van der Waals surface area contributed by atoms with E-state index in [2.05, 4.69) is 10.1 Å². The molecule has 0 aliphatic carbocycles. The van der Waals surface area contributed by atoms with Crippen LogP contribution in [0.15, 0.2) is 24.9 Å². The van der Waals surface area contributed by atoms with Crippen LogP contribution in [0.1, 0.15) is 0 Å². The Morgan fingerprint density at radius 1 is 1.17 bits per heavy atom. The Kier molecular flexibility index (Phi) is 0.819. The highest BCUT2D eigenvalue weighted by molar-refractivity contribution is 4.87. The Morgan fingerprint density at radius 3 is 2.00 bits per heavy atom. The predicted octanol–water partition coefficient (Wildman–Crippen LogP) is 0.549. The van der Waals surface area contributed by atoms with Gasteiger partial charge in [0.05, 0.1) is 0 Å². The first-order valence-corrected chi connectivity index (χ1v) is 1.72. The summed E-state index contributed by atoms with van der Waals surface area (Å²) in [5, 5.41) is 2.80. The van der Waals surface area contributed by atoms with E-state index in [0.717, 1.165) is 0 Å². The van der Waals surface area contributed by atoms with Crippen molar-refractivity contribution in [3.05, 3.63) is 24.9 Å². The third kappa shape index (κ3) is 0.516. The summed E-state index contributed by atoms with van der Waals surface area (Å²) in [5.74, 6) is 0. The summed E-state index contributed by atoms with van der Waals surface area (Å²) in [6, 6.07) is 0. The van der Waals surface area contributed by atoms with Crippen molar-refractivity contribution < 1.29 is 4.74 Å². The quantitative estimate of drug-likeness (QED) is 0.461. The maximum absolute atomic E-state index is 4.65. The summed E-state index contributed by atoms with van der Waals surface area (Å²) in [7, 11) is 0. The number of nitrogens with one attached hydrogen (secondary N) is 1. The highest BCUT2D eigenvalue weighted by Gasteiger charge is 1.72. The Hall–Kier alpha value is -0.920. The average molecular weight is 83.1 g/mol. The molecule has 0 amide bonds. The van der Waals surface area contributed by atoms with Crippen LogP contribution in [0, 0.1) is 0 Å².